The zero-order chi connectivity index (χ0) is 20.0. The molecular weight excluding hydrogens is 495 g/mol. The molecule has 5 atom stereocenters. The van der Waals surface area contributed by atoms with Crippen LogP contribution < -0.4 is 5.73 Å². The largest absolute Gasteiger partial charge is 0.481 e. The Kier molecular flexibility index (Phi) is 10.2. The molecular formula is C10H19N5O12P2V. The van der Waals surface area contributed by atoms with Crippen LogP contribution in [0.2, 0.25) is 0 Å². The smallest absolute Gasteiger partial charge is 0.412 e. The Morgan fingerprint density at radius 1 is 1.13 bits per heavy atom. The molecule has 3 rings (SSSR count). The van der Waals surface area contributed by atoms with Gasteiger partial charge in [-0.05, 0) is 0 Å². The fourth-order valence-corrected chi connectivity index (χ4v) is 4.08. The van der Waals surface area contributed by atoms with E-state index in [4.69, 9.17) is 20.3 Å². The molecule has 5 unspecified atom stereocenters. The Balaban J connectivity index is 0.00000280. The Labute approximate surface area is 179 Å². The number of hydrogen-bond acceptors (Lipinski definition) is 11. The number of anilines is 1. The molecule has 1 aliphatic rings. The van der Waals surface area contributed by atoms with E-state index in [0.717, 1.165) is 6.33 Å². The van der Waals surface area contributed by atoms with Gasteiger partial charge < -0.3 is 46.3 Å². The van der Waals surface area contributed by atoms with Gasteiger partial charge in [-0.15, -0.1) is 0 Å². The molecule has 0 bridgehead atoms. The minimum absolute atomic E-state index is 0. The molecule has 20 heteroatoms. The van der Waals surface area contributed by atoms with Crippen molar-refractivity contribution in [1.29, 1.82) is 0 Å². The number of aromatic nitrogens is 4. The number of ether oxygens (including phenoxy) is 1. The van der Waals surface area contributed by atoms with E-state index < -0.39 is 46.8 Å². The van der Waals surface area contributed by atoms with Crippen molar-refractivity contribution in [1.82, 2.24) is 19.5 Å². The minimum Gasteiger partial charge on any atom is -0.412 e. The summed E-state index contributed by atoms with van der Waals surface area (Å²) < 4.78 is 36.8. The summed E-state index contributed by atoms with van der Waals surface area (Å²) >= 11 is 0. The van der Waals surface area contributed by atoms with Crippen LogP contribution in [0.4, 0.5) is 5.82 Å². The van der Waals surface area contributed by atoms with Crippen LogP contribution in [-0.4, -0.2) is 80.3 Å². The fraction of sp³-hybridized carbons (Fsp3) is 0.500. The van der Waals surface area contributed by atoms with E-state index in [2.05, 4.69) is 23.8 Å². The maximum Gasteiger partial charge on any atom is 0.481 e. The van der Waals surface area contributed by atoms with E-state index in [-0.39, 0.29) is 46.5 Å². The van der Waals surface area contributed by atoms with E-state index in [9.17, 15) is 24.2 Å². The molecule has 1 saturated heterocycles. The third-order valence-electron chi connectivity index (χ3n) is 3.61. The number of nitrogens with two attached hydrogens (primary N) is 1. The third kappa shape index (κ3) is 6.26. The minimum atomic E-state index is -5.29. The van der Waals surface area contributed by atoms with Crippen molar-refractivity contribution < 1.29 is 77.1 Å². The second-order valence-corrected chi connectivity index (χ2v) is 8.30. The Bertz CT molecular complexity index is 941. The molecule has 0 saturated carbocycles. The van der Waals surface area contributed by atoms with E-state index >= 15 is 0 Å². The molecule has 30 heavy (non-hydrogen) atoms. The second kappa shape index (κ2) is 10.5. The molecule has 1 fully saturated rings. The second-order valence-electron chi connectivity index (χ2n) is 5.47. The molecule has 1 aliphatic heterocycles. The predicted molar refractivity (Wildman–Crippen MR) is 91.8 cm³/mol. The number of imidazole rings is 1. The quantitative estimate of drug-likeness (QED) is 0.205. The van der Waals surface area contributed by atoms with Crippen molar-refractivity contribution in [3.63, 3.8) is 0 Å². The number of phosphoric acid groups is 2. The number of hydrogen-bond donors (Lipinski definition) is 6. The van der Waals surface area contributed by atoms with Gasteiger partial charge in [0.05, 0.1) is 12.9 Å². The van der Waals surface area contributed by atoms with Gasteiger partial charge >= 0.3 is 15.6 Å². The maximum absolute atomic E-state index is 11.5. The van der Waals surface area contributed by atoms with Crippen molar-refractivity contribution in [2.24, 2.45) is 0 Å². The van der Waals surface area contributed by atoms with Crippen LogP contribution in [0, 0.1) is 0 Å². The molecule has 17 nitrogen and oxygen atoms in total. The van der Waals surface area contributed by atoms with Gasteiger partial charge in [0.2, 0.25) is 0 Å². The van der Waals surface area contributed by atoms with Gasteiger partial charge in [-0.25, -0.2) is 24.1 Å². The molecule has 0 aliphatic carbocycles. The average molecular weight is 514 g/mol. The zero-order valence-corrected chi connectivity index (χ0v) is 17.8. The van der Waals surface area contributed by atoms with E-state index in [1.54, 1.807) is 0 Å². The van der Waals surface area contributed by atoms with Crippen LogP contribution in [-0.2, 0) is 41.3 Å². The van der Waals surface area contributed by atoms with Crippen molar-refractivity contribution in [2.45, 2.75) is 24.5 Å². The molecule has 2 aromatic heterocycles. The Morgan fingerprint density at radius 2 is 1.77 bits per heavy atom. The topological polar surface area (TPSA) is 296 Å². The molecule has 1 radical (unpaired) electrons. The van der Waals surface area contributed by atoms with Crippen molar-refractivity contribution in [3.8, 4) is 0 Å². The summed E-state index contributed by atoms with van der Waals surface area (Å²) in [6.07, 6.45) is -3.20. The third-order valence-corrected chi connectivity index (χ3v) is 5.76. The van der Waals surface area contributed by atoms with Gasteiger partial charge in [0.15, 0.2) is 17.7 Å². The molecule has 3 heterocycles. The summed E-state index contributed by atoms with van der Waals surface area (Å²) in [4.78, 5) is 38.1. The SMILES string of the molecule is Nc1ncnc2c1ncn2C1OC(COP(=O)(O)OP(=O)(O)O)C(O)C1O.O.O.[V]. The summed E-state index contributed by atoms with van der Waals surface area (Å²) in [6, 6.07) is 0. The Hall–Kier alpha value is -1.01. The van der Waals surface area contributed by atoms with Crippen LogP contribution in [0.25, 0.3) is 11.2 Å². The summed E-state index contributed by atoms with van der Waals surface area (Å²) in [5.41, 5.74) is 6.11. The molecule has 11 N–H and O–H groups in total. The number of rotatable bonds is 6. The first-order valence-electron chi connectivity index (χ1n) is 7.17. The van der Waals surface area contributed by atoms with Crippen molar-refractivity contribution >= 4 is 32.6 Å². The van der Waals surface area contributed by atoms with Gasteiger partial charge in [-0.2, -0.15) is 4.31 Å². The number of fused-ring (bicyclic) bond motifs is 1. The van der Waals surface area contributed by atoms with Crippen molar-refractivity contribution in [3.05, 3.63) is 12.7 Å². The molecule has 0 spiro atoms. The van der Waals surface area contributed by atoms with E-state index in [0.29, 0.717) is 0 Å². The molecule has 171 valence electrons. The zero-order valence-electron chi connectivity index (χ0n) is 14.7. The number of aliphatic hydroxyl groups is 2. The molecule has 2 aromatic rings. The normalized spacial score (nSPS) is 25.6. The first-order valence-corrected chi connectivity index (χ1v) is 10.2. The molecule has 0 aromatic carbocycles. The van der Waals surface area contributed by atoms with Gasteiger partial charge in [0.1, 0.15) is 30.2 Å². The number of phosphoric ester groups is 1. The van der Waals surface area contributed by atoms with E-state index in [1.165, 1.54) is 10.9 Å². The van der Waals surface area contributed by atoms with Crippen LogP contribution in [0.5, 0.6) is 0 Å². The first kappa shape index (κ1) is 29.0. The summed E-state index contributed by atoms with van der Waals surface area (Å²) in [6.45, 7) is -0.813. The monoisotopic (exact) mass is 514 g/mol. The summed E-state index contributed by atoms with van der Waals surface area (Å²) in [5.74, 6) is 0.0856. The van der Waals surface area contributed by atoms with Crippen LogP contribution in [0.1, 0.15) is 6.23 Å². The Morgan fingerprint density at radius 3 is 2.37 bits per heavy atom. The fourth-order valence-electron chi connectivity index (χ4n) is 2.48. The summed E-state index contributed by atoms with van der Waals surface area (Å²) in [7, 11) is -10.4. The maximum atomic E-state index is 11.5. The predicted octanol–water partition coefficient (Wildman–Crippen LogP) is -3.40. The van der Waals surface area contributed by atoms with Crippen LogP contribution in [0.3, 0.4) is 0 Å². The van der Waals surface area contributed by atoms with Gasteiger partial charge in [-0.3, -0.25) is 9.09 Å². The van der Waals surface area contributed by atoms with Crippen LogP contribution in [0.15, 0.2) is 12.7 Å². The standard InChI is InChI=1S/C10H15N5O10P2.2H2O.V/c11-8-5-9(13-2-12-8)15(3-14-5)10-7(17)6(16)4(24-10)1-23-27(21,22)25-26(18,19)20;;;/h2-4,6-7,10,16-17H,1H2,(H,21,22)(H2,11,12,13)(H2,18,19,20);2*1H2;. The summed E-state index contributed by atoms with van der Waals surface area (Å²) in [5, 5.41) is 20.3. The average Bonchev–Trinajstić information content (AvgIpc) is 3.07. The van der Waals surface area contributed by atoms with Crippen molar-refractivity contribution in [2.75, 3.05) is 12.3 Å². The van der Waals surface area contributed by atoms with Gasteiger partial charge in [0.25, 0.3) is 0 Å². The van der Waals surface area contributed by atoms with Gasteiger partial charge in [-0.1, -0.05) is 0 Å². The van der Waals surface area contributed by atoms with E-state index in [1.807, 2.05) is 0 Å². The number of nitrogens with zero attached hydrogens (tertiary/aromatic N) is 4. The number of nitrogen functional groups attached to an aromatic ring is 1. The molecule has 0 amide bonds. The number of aliphatic hydroxyl groups excluding tert-OH is 2. The van der Waals surface area contributed by atoms with Crippen LogP contribution >= 0.6 is 15.6 Å². The first-order chi connectivity index (χ1) is 12.5. The van der Waals surface area contributed by atoms with Gasteiger partial charge in [0, 0.05) is 18.6 Å².